The number of alkyl halides is 3. The van der Waals surface area contributed by atoms with Gasteiger partial charge in [0.25, 0.3) is 0 Å². The van der Waals surface area contributed by atoms with Crippen molar-refractivity contribution in [3.8, 4) is 12.1 Å². The highest BCUT2D eigenvalue weighted by Gasteiger charge is 2.30. The number of hydrogen-bond donors (Lipinski definition) is 1. The maximum atomic E-state index is 12.6. The van der Waals surface area contributed by atoms with Crippen LogP contribution in [0.15, 0.2) is 42.5 Å². The first-order valence-corrected chi connectivity index (χ1v) is 6.28. The van der Waals surface area contributed by atoms with Crippen LogP contribution in [-0.2, 0) is 12.7 Å². The van der Waals surface area contributed by atoms with Crippen LogP contribution in [0, 0.1) is 22.7 Å². The van der Waals surface area contributed by atoms with Gasteiger partial charge in [0.05, 0.1) is 28.4 Å². The molecule has 0 aliphatic rings. The Kier molecular flexibility index (Phi) is 4.33. The Labute approximate surface area is 125 Å². The van der Waals surface area contributed by atoms with E-state index < -0.39 is 11.7 Å². The average Bonchev–Trinajstić information content (AvgIpc) is 2.52. The molecule has 2 aromatic carbocycles. The van der Waals surface area contributed by atoms with Gasteiger partial charge < -0.3 is 5.32 Å². The fourth-order valence-corrected chi connectivity index (χ4v) is 1.92. The van der Waals surface area contributed by atoms with Gasteiger partial charge in [-0.25, -0.2) is 0 Å². The molecule has 110 valence electrons. The van der Waals surface area contributed by atoms with Gasteiger partial charge in [0.15, 0.2) is 0 Å². The standard InChI is InChI=1S/C16H10F3N3/c17-16(18,19)14-3-1-2-12(7-14)10-22-15-5-4-11(8-20)6-13(15)9-21/h1-7,22H,10H2. The zero-order chi connectivity index (χ0) is 16.2. The predicted molar refractivity (Wildman–Crippen MR) is 74.6 cm³/mol. The summed E-state index contributed by atoms with van der Waals surface area (Å²) in [5, 5.41) is 20.7. The SMILES string of the molecule is N#Cc1ccc(NCc2cccc(C(F)(F)F)c2)c(C#N)c1. The molecule has 1 N–H and O–H groups in total. The van der Waals surface area contributed by atoms with Gasteiger partial charge in [0, 0.05) is 6.54 Å². The number of nitrogens with zero attached hydrogens (tertiary/aromatic N) is 2. The van der Waals surface area contributed by atoms with Crippen molar-refractivity contribution in [2.75, 3.05) is 5.32 Å². The monoisotopic (exact) mass is 301 g/mol. The molecular formula is C16H10F3N3. The Hall–Kier alpha value is -2.99. The molecule has 22 heavy (non-hydrogen) atoms. The molecule has 0 aliphatic carbocycles. The number of rotatable bonds is 3. The molecule has 3 nitrogen and oxygen atoms in total. The summed E-state index contributed by atoms with van der Waals surface area (Å²) in [6.45, 7) is 0.143. The Morgan fingerprint density at radius 3 is 2.41 bits per heavy atom. The van der Waals surface area contributed by atoms with Gasteiger partial charge in [-0.2, -0.15) is 23.7 Å². The van der Waals surface area contributed by atoms with Crippen LogP contribution < -0.4 is 5.32 Å². The van der Waals surface area contributed by atoms with Crippen molar-refractivity contribution < 1.29 is 13.2 Å². The van der Waals surface area contributed by atoms with Crippen LogP contribution in [0.3, 0.4) is 0 Å². The van der Waals surface area contributed by atoms with Gasteiger partial charge in [-0.05, 0) is 35.9 Å². The lowest BCUT2D eigenvalue weighted by Gasteiger charge is -2.11. The second-order valence-electron chi connectivity index (χ2n) is 4.54. The van der Waals surface area contributed by atoms with E-state index in [9.17, 15) is 13.2 Å². The van der Waals surface area contributed by atoms with Crippen LogP contribution in [0.1, 0.15) is 22.3 Å². The normalized spacial score (nSPS) is 10.6. The van der Waals surface area contributed by atoms with E-state index in [-0.39, 0.29) is 12.1 Å². The molecule has 2 aromatic rings. The molecule has 0 spiro atoms. The average molecular weight is 301 g/mol. The number of benzene rings is 2. The lowest BCUT2D eigenvalue weighted by Crippen LogP contribution is -2.07. The molecule has 0 saturated carbocycles. The highest BCUT2D eigenvalue weighted by Crippen LogP contribution is 2.29. The fraction of sp³-hybridized carbons (Fsp3) is 0.125. The van der Waals surface area contributed by atoms with E-state index in [0.29, 0.717) is 16.8 Å². The van der Waals surface area contributed by atoms with Gasteiger partial charge in [0.1, 0.15) is 6.07 Å². The van der Waals surface area contributed by atoms with Gasteiger partial charge in [-0.3, -0.25) is 0 Å². The van der Waals surface area contributed by atoms with Crippen molar-refractivity contribution in [3.63, 3.8) is 0 Å². The van der Waals surface area contributed by atoms with Crippen LogP contribution in [0.5, 0.6) is 0 Å². The van der Waals surface area contributed by atoms with Crippen LogP contribution in [-0.4, -0.2) is 0 Å². The van der Waals surface area contributed by atoms with E-state index in [1.807, 2.05) is 12.1 Å². The molecule has 0 heterocycles. The first-order chi connectivity index (χ1) is 10.4. The minimum absolute atomic E-state index is 0.143. The van der Waals surface area contributed by atoms with E-state index in [0.717, 1.165) is 12.1 Å². The Morgan fingerprint density at radius 2 is 1.77 bits per heavy atom. The van der Waals surface area contributed by atoms with Gasteiger partial charge in [-0.15, -0.1) is 0 Å². The van der Waals surface area contributed by atoms with Crippen LogP contribution >= 0.6 is 0 Å². The topological polar surface area (TPSA) is 59.6 Å². The summed E-state index contributed by atoms with van der Waals surface area (Å²) in [6.07, 6.45) is -4.39. The van der Waals surface area contributed by atoms with Crippen molar-refractivity contribution in [1.82, 2.24) is 0 Å². The maximum Gasteiger partial charge on any atom is 0.416 e. The van der Waals surface area contributed by atoms with E-state index in [1.54, 1.807) is 12.1 Å². The Balaban J connectivity index is 2.18. The molecule has 0 bridgehead atoms. The van der Waals surface area contributed by atoms with Crippen molar-refractivity contribution in [3.05, 3.63) is 64.7 Å². The number of anilines is 1. The first kappa shape index (κ1) is 15.4. The molecule has 0 fully saturated rings. The summed E-state index contributed by atoms with van der Waals surface area (Å²) in [4.78, 5) is 0. The first-order valence-electron chi connectivity index (χ1n) is 6.28. The minimum Gasteiger partial charge on any atom is -0.380 e. The molecule has 0 amide bonds. The van der Waals surface area contributed by atoms with Crippen molar-refractivity contribution in [2.45, 2.75) is 12.7 Å². The molecule has 0 atom stereocenters. The summed E-state index contributed by atoms with van der Waals surface area (Å²) >= 11 is 0. The van der Waals surface area contributed by atoms with E-state index in [2.05, 4.69) is 5.32 Å². The number of nitrogens with one attached hydrogen (secondary N) is 1. The summed E-state index contributed by atoms with van der Waals surface area (Å²) < 4.78 is 37.9. The van der Waals surface area contributed by atoms with Crippen molar-refractivity contribution in [1.29, 1.82) is 10.5 Å². The summed E-state index contributed by atoms with van der Waals surface area (Å²) in [6, 6.07) is 13.4. The second kappa shape index (κ2) is 6.19. The Bertz CT molecular complexity index is 767. The molecule has 0 radical (unpaired) electrons. The molecule has 0 saturated heterocycles. The minimum atomic E-state index is -4.39. The number of halogens is 3. The van der Waals surface area contributed by atoms with Crippen LogP contribution in [0.25, 0.3) is 0 Å². The third-order valence-corrected chi connectivity index (χ3v) is 3.01. The highest BCUT2D eigenvalue weighted by molar-refractivity contribution is 5.60. The second-order valence-corrected chi connectivity index (χ2v) is 4.54. The smallest absolute Gasteiger partial charge is 0.380 e. The van der Waals surface area contributed by atoms with Gasteiger partial charge >= 0.3 is 6.18 Å². The number of hydrogen-bond acceptors (Lipinski definition) is 3. The molecule has 0 aromatic heterocycles. The Morgan fingerprint density at radius 1 is 1.00 bits per heavy atom. The van der Waals surface area contributed by atoms with Gasteiger partial charge in [0.2, 0.25) is 0 Å². The number of nitriles is 2. The molecular weight excluding hydrogens is 291 g/mol. The summed E-state index contributed by atoms with van der Waals surface area (Å²) in [5.74, 6) is 0. The lowest BCUT2D eigenvalue weighted by molar-refractivity contribution is -0.137. The molecule has 2 rings (SSSR count). The third-order valence-electron chi connectivity index (χ3n) is 3.01. The van der Waals surface area contributed by atoms with Crippen LogP contribution in [0.4, 0.5) is 18.9 Å². The lowest BCUT2D eigenvalue weighted by atomic mass is 10.1. The van der Waals surface area contributed by atoms with Crippen molar-refractivity contribution >= 4 is 5.69 Å². The zero-order valence-corrected chi connectivity index (χ0v) is 11.3. The third kappa shape index (κ3) is 3.56. The van der Waals surface area contributed by atoms with Crippen LogP contribution in [0.2, 0.25) is 0 Å². The fourth-order valence-electron chi connectivity index (χ4n) is 1.92. The zero-order valence-electron chi connectivity index (χ0n) is 11.3. The van der Waals surface area contributed by atoms with Crippen molar-refractivity contribution in [2.24, 2.45) is 0 Å². The maximum absolute atomic E-state index is 12.6. The molecule has 6 heteroatoms. The summed E-state index contributed by atoms with van der Waals surface area (Å²) in [5.41, 5.74) is 0.821. The van der Waals surface area contributed by atoms with E-state index in [1.165, 1.54) is 18.2 Å². The highest BCUT2D eigenvalue weighted by atomic mass is 19.4. The van der Waals surface area contributed by atoms with E-state index >= 15 is 0 Å². The predicted octanol–water partition coefficient (Wildman–Crippen LogP) is 4.06. The quantitative estimate of drug-likeness (QED) is 0.930. The largest absolute Gasteiger partial charge is 0.416 e. The van der Waals surface area contributed by atoms with E-state index in [4.69, 9.17) is 10.5 Å². The summed E-state index contributed by atoms with van der Waals surface area (Å²) in [7, 11) is 0. The molecule has 0 unspecified atom stereocenters. The van der Waals surface area contributed by atoms with Gasteiger partial charge in [-0.1, -0.05) is 12.1 Å². The molecule has 0 aliphatic heterocycles.